The summed E-state index contributed by atoms with van der Waals surface area (Å²) in [5, 5.41) is 7.24. The molecule has 3 N–H and O–H groups in total. The number of nitrogens with one attached hydrogen (secondary N) is 1. The van der Waals surface area contributed by atoms with Crippen molar-refractivity contribution in [2.24, 2.45) is 5.73 Å². The molecular formula is C12H14ClN5O2. The molecular weight excluding hydrogens is 282 g/mol. The lowest BCUT2D eigenvalue weighted by Gasteiger charge is -2.15. The first-order valence-electron chi connectivity index (χ1n) is 5.84. The molecule has 7 nitrogen and oxygen atoms in total. The van der Waals surface area contributed by atoms with Gasteiger partial charge in [-0.15, -0.1) is 0 Å². The number of aromatic nitrogens is 3. The van der Waals surface area contributed by atoms with E-state index in [4.69, 9.17) is 22.1 Å². The van der Waals surface area contributed by atoms with Gasteiger partial charge in [0.05, 0.1) is 11.4 Å². The van der Waals surface area contributed by atoms with E-state index in [9.17, 15) is 4.79 Å². The number of rotatable bonds is 5. The van der Waals surface area contributed by atoms with Gasteiger partial charge in [-0.1, -0.05) is 11.6 Å². The van der Waals surface area contributed by atoms with Crippen molar-refractivity contribution in [1.29, 1.82) is 0 Å². The molecule has 2 rings (SSSR count). The summed E-state index contributed by atoms with van der Waals surface area (Å²) in [5.41, 5.74) is 6.61. The van der Waals surface area contributed by atoms with Crippen molar-refractivity contribution in [2.45, 2.75) is 6.10 Å². The Kier molecular flexibility index (Phi) is 4.67. The van der Waals surface area contributed by atoms with Crippen molar-refractivity contribution >= 4 is 23.2 Å². The lowest BCUT2D eigenvalue weighted by atomic mass is 10.2. The Bertz CT molecular complexity index is 584. The molecule has 0 aliphatic rings. The normalized spacial score (nSPS) is 12.2. The molecule has 20 heavy (non-hydrogen) atoms. The Morgan fingerprint density at radius 2 is 2.40 bits per heavy atom. The van der Waals surface area contributed by atoms with Gasteiger partial charge in [0.15, 0.2) is 0 Å². The molecule has 2 aromatic rings. The molecule has 0 saturated heterocycles. The lowest BCUT2D eigenvalue weighted by Crippen LogP contribution is -2.36. The highest BCUT2D eigenvalue weighted by Gasteiger charge is 2.18. The second-order valence-corrected chi connectivity index (χ2v) is 4.39. The van der Waals surface area contributed by atoms with Crippen LogP contribution in [-0.4, -0.2) is 40.4 Å². The molecule has 0 spiro atoms. The van der Waals surface area contributed by atoms with Crippen LogP contribution in [-0.2, 0) is 9.53 Å². The molecule has 1 amide bonds. The van der Waals surface area contributed by atoms with Crippen LogP contribution in [0.4, 0.5) is 5.69 Å². The zero-order chi connectivity index (χ0) is 14.5. The van der Waals surface area contributed by atoms with Gasteiger partial charge in [0.2, 0.25) is 0 Å². The molecule has 0 fully saturated rings. The third kappa shape index (κ3) is 3.13. The maximum absolute atomic E-state index is 12.0. The van der Waals surface area contributed by atoms with Gasteiger partial charge in [0.25, 0.3) is 5.91 Å². The van der Waals surface area contributed by atoms with Crippen LogP contribution in [0.2, 0.25) is 5.02 Å². The Labute approximate surface area is 120 Å². The molecule has 0 radical (unpaired) electrons. The van der Waals surface area contributed by atoms with E-state index in [0.717, 1.165) is 0 Å². The Morgan fingerprint density at radius 3 is 3.00 bits per heavy atom. The second-order valence-electron chi connectivity index (χ2n) is 3.95. The number of hydrogen-bond acceptors (Lipinski definition) is 5. The standard InChI is InChI=1S/C12H14ClN5O2/c1-20-11(5-14)12(19)17-9-4-8(13)2-3-10(9)18-7-15-6-16-18/h2-4,6-7,11H,5,14H2,1H3,(H,17,19). The average Bonchev–Trinajstić information content (AvgIpc) is 2.94. The summed E-state index contributed by atoms with van der Waals surface area (Å²) in [6, 6.07) is 5.06. The number of nitrogens with two attached hydrogens (primary N) is 1. The highest BCUT2D eigenvalue weighted by atomic mass is 35.5. The fourth-order valence-corrected chi connectivity index (χ4v) is 1.84. The van der Waals surface area contributed by atoms with Crippen molar-refractivity contribution in [1.82, 2.24) is 14.8 Å². The number of methoxy groups -OCH3 is 1. The number of carbonyl (C=O) groups excluding carboxylic acids is 1. The van der Waals surface area contributed by atoms with Crippen molar-refractivity contribution < 1.29 is 9.53 Å². The van der Waals surface area contributed by atoms with Gasteiger partial charge in [-0.3, -0.25) is 4.79 Å². The van der Waals surface area contributed by atoms with E-state index >= 15 is 0 Å². The van der Waals surface area contributed by atoms with E-state index in [-0.39, 0.29) is 12.5 Å². The Morgan fingerprint density at radius 1 is 1.60 bits per heavy atom. The van der Waals surface area contributed by atoms with Crippen LogP contribution >= 0.6 is 11.6 Å². The zero-order valence-corrected chi connectivity index (χ0v) is 11.5. The Balaban J connectivity index is 2.31. The van der Waals surface area contributed by atoms with Crippen LogP contribution in [0, 0.1) is 0 Å². The first-order chi connectivity index (χ1) is 9.65. The van der Waals surface area contributed by atoms with Gasteiger partial charge < -0.3 is 15.8 Å². The molecule has 106 valence electrons. The number of anilines is 1. The highest BCUT2D eigenvalue weighted by Crippen LogP contribution is 2.24. The van der Waals surface area contributed by atoms with E-state index in [2.05, 4.69) is 15.4 Å². The van der Waals surface area contributed by atoms with Crippen LogP contribution in [0.15, 0.2) is 30.9 Å². The SMILES string of the molecule is COC(CN)C(=O)Nc1cc(Cl)ccc1-n1cncn1. The predicted molar refractivity (Wildman–Crippen MR) is 74.9 cm³/mol. The molecule has 0 saturated carbocycles. The summed E-state index contributed by atoms with van der Waals surface area (Å²) in [6.07, 6.45) is 2.20. The van der Waals surface area contributed by atoms with Crippen molar-refractivity contribution in [2.75, 3.05) is 19.0 Å². The molecule has 0 bridgehead atoms. The third-order valence-corrected chi connectivity index (χ3v) is 2.91. The molecule has 1 aromatic heterocycles. The second kappa shape index (κ2) is 6.47. The smallest absolute Gasteiger partial charge is 0.254 e. The van der Waals surface area contributed by atoms with E-state index in [0.29, 0.717) is 16.4 Å². The van der Waals surface area contributed by atoms with Gasteiger partial charge in [-0.05, 0) is 18.2 Å². The van der Waals surface area contributed by atoms with Gasteiger partial charge in [-0.25, -0.2) is 9.67 Å². The summed E-state index contributed by atoms with van der Waals surface area (Å²) >= 11 is 5.96. The van der Waals surface area contributed by atoms with Gasteiger partial charge in [0, 0.05) is 18.7 Å². The third-order valence-electron chi connectivity index (χ3n) is 2.67. The minimum Gasteiger partial charge on any atom is -0.370 e. The molecule has 1 unspecified atom stereocenters. The summed E-state index contributed by atoms with van der Waals surface area (Å²) in [6.45, 7) is 0.0849. The number of halogens is 1. The van der Waals surface area contributed by atoms with E-state index in [1.54, 1.807) is 18.2 Å². The van der Waals surface area contributed by atoms with Crippen molar-refractivity contribution in [3.8, 4) is 5.69 Å². The first-order valence-corrected chi connectivity index (χ1v) is 6.21. The molecule has 1 heterocycles. The summed E-state index contributed by atoms with van der Waals surface area (Å²) in [4.78, 5) is 15.9. The topological polar surface area (TPSA) is 95.1 Å². The van der Waals surface area contributed by atoms with Gasteiger partial charge in [-0.2, -0.15) is 5.10 Å². The van der Waals surface area contributed by atoms with Crippen LogP contribution in [0.3, 0.4) is 0 Å². The van der Waals surface area contributed by atoms with E-state index in [1.165, 1.54) is 24.4 Å². The van der Waals surface area contributed by atoms with Crippen LogP contribution in [0.5, 0.6) is 0 Å². The minimum atomic E-state index is -0.724. The van der Waals surface area contributed by atoms with Crippen molar-refractivity contribution in [3.05, 3.63) is 35.9 Å². The highest BCUT2D eigenvalue weighted by molar-refractivity contribution is 6.31. The first kappa shape index (κ1) is 14.4. The molecule has 1 aromatic carbocycles. The maximum Gasteiger partial charge on any atom is 0.254 e. The Hall–Kier alpha value is -1.96. The molecule has 1 atom stereocenters. The average molecular weight is 296 g/mol. The van der Waals surface area contributed by atoms with Gasteiger partial charge >= 0.3 is 0 Å². The summed E-state index contributed by atoms with van der Waals surface area (Å²) < 4.78 is 6.51. The monoisotopic (exact) mass is 295 g/mol. The lowest BCUT2D eigenvalue weighted by molar-refractivity contribution is -0.125. The molecule has 0 aliphatic heterocycles. The van der Waals surface area contributed by atoms with Crippen LogP contribution < -0.4 is 11.1 Å². The minimum absolute atomic E-state index is 0.0849. The number of benzene rings is 1. The number of hydrogen-bond donors (Lipinski definition) is 2. The summed E-state index contributed by atoms with van der Waals surface area (Å²) in [7, 11) is 1.42. The van der Waals surface area contributed by atoms with Gasteiger partial charge in [0.1, 0.15) is 18.8 Å². The predicted octanol–water partition coefficient (Wildman–Crippen LogP) is 0.833. The molecule has 0 aliphatic carbocycles. The maximum atomic E-state index is 12.0. The summed E-state index contributed by atoms with van der Waals surface area (Å²) in [5.74, 6) is -0.348. The fourth-order valence-electron chi connectivity index (χ4n) is 1.66. The van der Waals surface area contributed by atoms with E-state index < -0.39 is 6.10 Å². The van der Waals surface area contributed by atoms with E-state index in [1.807, 2.05) is 0 Å². The number of nitrogens with zero attached hydrogens (tertiary/aromatic N) is 3. The van der Waals surface area contributed by atoms with Crippen LogP contribution in [0.1, 0.15) is 0 Å². The fraction of sp³-hybridized carbons (Fsp3) is 0.250. The number of carbonyl (C=O) groups is 1. The number of amides is 1. The van der Waals surface area contributed by atoms with Crippen LogP contribution in [0.25, 0.3) is 5.69 Å². The largest absolute Gasteiger partial charge is 0.370 e. The molecule has 8 heteroatoms. The zero-order valence-electron chi connectivity index (χ0n) is 10.8. The van der Waals surface area contributed by atoms with Crippen molar-refractivity contribution in [3.63, 3.8) is 0 Å². The number of ether oxygens (including phenoxy) is 1. The quantitative estimate of drug-likeness (QED) is 0.852.